The van der Waals surface area contributed by atoms with Gasteiger partial charge in [-0.3, -0.25) is 4.79 Å². The van der Waals surface area contributed by atoms with E-state index in [1.165, 1.54) is 21.6 Å². The minimum atomic E-state index is -1.96. The summed E-state index contributed by atoms with van der Waals surface area (Å²) in [5.74, 6) is 8.09. The number of carbonyl (C=O) groups excluding carboxylic acids is 1. The Morgan fingerprint density at radius 3 is 2.08 bits per heavy atom. The minimum absolute atomic E-state index is 0. The van der Waals surface area contributed by atoms with E-state index >= 15 is 0 Å². The summed E-state index contributed by atoms with van der Waals surface area (Å²) in [6.07, 6.45) is 6.61. The molecule has 0 saturated carbocycles. The van der Waals surface area contributed by atoms with Gasteiger partial charge in [0.1, 0.15) is 0 Å². The molecule has 0 bridgehead atoms. The monoisotopic (exact) mass is 770 g/mol. The van der Waals surface area contributed by atoms with Crippen molar-refractivity contribution in [1.29, 1.82) is 0 Å². The van der Waals surface area contributed by atoms with E-state index in [-0.39, 0.29) is 43.5 Å². The number of aliphatic hydroxyl groups is 1. The molecule has 6 heteroatoms. The smallest absolute Gasteiger partial charge is 0.162 e. The fraction of sp³-hybridized carbons (Fsp3) is 0.485. The topological polar surface area (TPSA) is 63.1 Å². The molecule has 3 aromatic rings. The van der Waals surface area contributed by atoms with E-state index < -0.39 is 13.3 Å². The first-order valence-corrected chi connectivity index (χ1v) is 21.5. The van der Waals surface area contributed by atoms with Crippen molar-refractivity contribution >= 4 is 34.3 Å². The molecule has 3 rings (SSSR count). The Bertz CT molecular complexity index is 1230. The average Bonchev–Trinajstić information content (AvgIpc) is 2.89. The van der Waals surface area contributed by atoms with E-state index in [0.717, 1.165) is 42.3 Å². The van der Waals surface area contributed by atoms with Crippen molar-refractivity contribution in [3.63, 3.8) is 0 Å². The molecular formula is C33H47GeIrN2O2-. The molecule has 2 aromatic carbocycles. The van der Waals surface area contributed by atoms with Gasteiger partial charge in [-0.05, 0) is 25.7 Å². The second kappa shape index (κ2) is 16.4. The second-order valence-corrected chi connectivity index (χ2v) is 21.9. The number of aromatic nitrogens is 2. The summed E-state index contributed by atoms with van der Waals surface area (Å²) in [4.78, 5) is 20.7. The first-order chi connectivity index (χ1) is 18.0. The van der Waals surface area contributed by atoms with Crippen molar-refractivity contribution in [2.75, 3.05) is 0 Å². The van der Waals surface area contributed by atoms with Crippen molar-refractivity contribution in [2.24, 2.45) is 11.8 Å². The van der Waals surface area contributed by atoms with E-state index in [1.807, 2.05) is 27.7 Å². The molecule has 1 heterocycles. The number of benzene rings is 2. The van der Waals surface area contributed by atoms with Crippen LogP contribution in [-0.2, 0) is 24.9 Å². The van der Waals surface area contributed by atoms with Crippen LogP contribution in [0.4, 0.5) is 0 Å². The van der Waals surface area contributed by atoms with Gasteiger partial charge in [0.15, 0.2) is 5.78 Å². The summed E-state index contributed by atoms with van der Waals surface area (Å²) in [5, 5.41) is 12.2. The standard InChI is InChI=1S/C20H23GeN2.C13H24O2.Ir/c1-14(2)18-11-16(10-15-8-6-7-9-17(15)18)19-12-20(21(3,4)5)23-13-22-19;1-5-10(6-2)12(14)9-13(15)11(7-3)8-4;/h6-9,11-14H,1-5H3;9-11,14H,5-8H2,1-4H3;/q-1;;/b;12-9-;. The zero-order valence-electron chi connectivity index (χ0n) is 25.3. The van der Waals surface area contributed by atoms with Crippen molar-refractivity contribution in [3.05, 3.63) is 66.2 Å². The minimum Gasteiger partial charge on any atom is -0.512 e. The first-order valence-electron chi connectivity index (χ1n) is 14.2. The Kier molecular flexibility index (Phi) is 14.8. The molecule has 0 aliphatic heterocycles. The van der Waals surface area contributed by atoms with Crippen LogP contribution in [0.15, 0.2) is 54.6 Å². The fourth-order valence-corrected chi connectivity index (χ4v) is 6.70. The maximum atomic E-state index is 11.7. The van der Waals surface area contributed by atoms with Gasteiger partial charge in [0.2, 0.25) is 0 Å². The molecule has 0 unspecified atom stereocenters. The Labute approximate surface area is 252 Å². The van der Waals surface area contributed by atoms with E-state index in [9.17, 15) is 9.90 Å². The van der Waals surface area contributed by atoms with E-state index in [0.29, 0.717) is 5.92 Å². The zero-order chi connectivity index (χ0) is 28.5. The molecule has 0 aliphatic rings. The summed E-state index contributed by atoms with van der Waals surface area (Å²) < 4.78 is 1.24. The van der Waals surface area contributed by atoms with Crippen LogP contribution in [0.5, 0.6) is 0 Å². The molecule has 215 valence electrons. The number of aliphatic hydroxyl groups excluding tert-OH is 1. The molecule has 0 aliphatic carbocycles. The Hall–Kier alpha value is -1.82. The van der Waals surface area contributed by atoms with Crippen LogP contribution in [-0.4, -0.2) is 34.1 Å². The van der Waals surface area contributed by atoms with E-state index in [1.54, 1.807) is 6.33 Å². The third kappa shape index (κ3) is 9.95. The van der Waals surface area contributed by atoms with Crippen LogP contribution >= 0.6 is 0 Å². The largest absolute Gasteiger partial charge is 0.512 e. The van der Waals surface area contributed by atoms with Crippen molar-refractivity contribution in [3.8, 4) is 11.3 Å². The van der Waals surface area contributed by atoms with Crippen LogP contribution < -0.4 is 4.53 Å². The third-order valence-electron chi connectivity index (χ3n) is 7.22. The van der Waals surface area contributed by atoms with Gasteiger partial charge >= 0.3 is 141 Å². The summed E-state index contributed by atoms with van der Waals surface area (Å²) in [6.45, 7) is 12.5. The second-order valence-electron chi connectivity index (χ2n) is 11.4. The van der Waals surface area contributed by atoms with Crippen LogP contribution in [0.2, 0.25) is 17.3 Å². The molecule has 1 radical (unpaired) electrons. The third-order valence-corrected chi connectivity index (χ3v) is 11.0. The van der Waals surface area contributed by atoms with Crippen LogP contribution in [0, 0.1) is 17.9 Å². The van der Waals surface area contributed by atoms with E-state index in [2.05, 4.69) is 83.5 Å². The first kappa shape index (κ1) is 35.2. The van der Waals surface area contributed by atoms with Gasteiger partial charge in [-0.2, -0.15) is 0 Å². The Morgan fingerprint density at radius 2 is 1.54 bits per heavy atom. The normalized spacial score (nSPS) is 11.9. The summed E-state index contributed by atoms with van der Waals surface area (Å²) >= 11 is -1.96. The number of carbonyl (C=O) groups is 1. The molecule has 1 N–H and O–H groups in total. The van der Waals surface area contributed by atoms with Gasteiger partial charge in [0.25, 0.3) is 0 Å². The number of hydrogen-bond acceptors (Lipinski definition) is 4. The molecular weight excluding hydrogens is 721 g/mol. The van der Waals surface area contributed by atoms with Crippen molar-refractivity contribution in [2.45, 2.75) is 90.4 Å². The predicted molar refractivity (Wildman–Crippen MR) is 165 cm³/mol. The van der Waals surface area contributed by atoms with Gasteiger partial charge in [0.05, 0.1) is 5.76 Å². The maximum absolute atomic E-state index is 11.7. The van der Waals surface area contributed by atoms with Crippen LogP contribution in [0.1, 0.15) is 78.7 Å². The predicted octanol–water partition coefficient (Wildman–Crippen LogP) is 8.63. The molecule has 0 saturated heterocycles. The molecule has 0 atom stereocenters. The molecule has 0 amide bonds. The fourth-order valence-electron chi connectivity index (χ4n) is 4.57. The average molecular weight is 769 g/mol. The Balaban J connectivity index is 0.000000418. The van der Waals surface area contributed by atoms with Gasteiger partial charge < -0.3 is 5.11 Å². The number of hydrogen-bond donors (Lipinski definition) is 1. The Morgan fingerprint density at radius 1 is 0.949 bits per heavy atom. The summed E-state index contributed by atoms with van der Waals surface area (Å²) in [6, 6.07) is 16.4. The molecule has 4 nitrogen and oxygen atoms in total. The summed E-state index contributed by atoms with van der Waals surface area (Å²) in [7, 11) is 0. The molecule has 1 aromatic heterocycles. The number of nitrogens with zero attached hydrogens (tertiary/aromatic N) is 2. The number of ketones is 1. The molecule has 39 heavy (non-hydrogen) atoms. The molecule has 0 fully saturated rings. The number of rotatable bonds is 10. The van der Waals surface area contributed by atoms with Crippen LogP contribution in [0.25, 0.3) is 22.0 Å². The van der Waals surface area contributed by atoms with Gasteiger partial charge in [-0.15, -0.1) is 0 Å². The number of allylic oxidation sites excluding steroid dienone is 2. The number of fused-ring (bicyclic) bond motifs is 1. The van der Waals surface area contributed by atoms with Gasteiger partial charge in [0, 0.05) is 38.0 Å². The summed E-state index contributed by atoms with van der Waals surface area (Å²) in [5.41, 5.74) is 3.41. The quantitative estimate of drug-likeness (QED) is 0.0972. The molecule has 0 spiro atoms. The van der Waals surface area contributed by atoms with Gasteiger partial charge in [-0.25, -0.2) is 0 Å². The van der Waals surface area contributed by atoms with Crippen molar-refractivity contribution < 1.29 is 30.0 Å². The SMILES string of the molecule is CC(C)c1cc(-c2c[c]([Ge]([CH3])([CH3])[CH3])ncn2)[c-]c2ccccc12.CCC(CC)C(=O)/C=C(\O)C(CC)CC.[Ir]. The van der Waals surface area contributed by atoms with Gasteiger partial charge in [-0.1, -0.05) is 27.7 Å². The maximum Gasteiger partial charge on any atom is 0.162 e. The zero-order valence-corrected chi connectivity index (χ0v) is 29.8. The van der Waals surface area contributed by atoms with E-state index in [4.69, 9.17) is 0 Å². The van der Waals surface area contributed by atoms with Crippen LogP contribution in [0.3, 0.4) is 0 Å². The van der Waals surface area contributed by atoms with Crippen molar-refractivity contribution in [1.82, 2.24) is 9.97 Å².